The van der Waals surface area contributed by atoms with Gasteiger partial charge >= 0.3 is 0 Å². The van der Waals surface area contributed by atoms with E-state index in [1.807, 2.05) is 38.1 Å². The Hall–Kier alpha value is -3.70. The maximum atomic E-state index is 13.8. The van der Waals surface area contributed by atoms with Crippen LogP contribution in [0.5, 0.6) is 0 Å². The molecule has 3 aliphatic rings. The number of nitrogens with zero attached hydrogens (tertiary/aromatic N) is 5. The normalized spacial score (nSPS) is 19.5. The molecule has 3 aliphatic heterocycles. The third-order valence-electron chi connectivity index (χ3n) is 6.93. The molecule has 3 saturated heterocycles. The lowest BCUT2D eigenvalue weighted by Crippen LogP contribution is -2.38. The number of anilines is 1. The molecule has 0 unspecified atom stereocenters. The number of carbonyl (C=O) groups excluding carboxylic acids is 1. The van der Waals surface area contributed by atoms with Crippen LogP contribution in [0.25, 0.3) is 22.3 Å². The zero-order chi connectivity index (χ0) is 24.5. The van der Waals surface area contributed by atoms with Gasteiger partial charge in [-0.25, -0.2) is 4.98 Å². The average Bonchev–Trinajstić information content (AvgIpc) is 3.19. The highest BCUT2D eigenvalue weighted by atomic mass is 16.2. The molecular formula is C27H30N6O2. The molecule has 8 heteroatoms. The lowest BCUT2D eigenvalue weighted by Gasteiger charge is -2.33. The number of carbonyl (C=O) groups is 1. The predicted molar refractivity (Wildman–Crippen MR) is 136 cm³/mol. The number of piperidine rings is 1. The van der Waals surface area contributed by atoms with Gasteiger partial charge in [-0.15, -0.1) is 0 Å². The fourth-order valence-electron chi connectivity index (χ4n) is 5.22. The lowest BCUT2D eigenvalue weighted by molar-refractivity contribution is -0.122. The third-order valence-corrected chi connectivity index (χ3v) is 6.93. The van der Waals surface area contributed by atoms with Gasteiger partial charge in [0.05, 0.1) is 22.5 Å². The summed E-state index contributed by atoms with van der Waals surface area (Å²) in [6, 6.07) is 15.4. The highest BCUT2D eigenvalue weighted by Crippen LogP contribution is 2.29. The zero-order valence-corrected chi connectivity index (χ0v) is 20.2. The van der Waals surface area contributed by atoms with E-state index in [9.17, 15) is 14.9 Å². The molecule has 1 N–H and O–H groups in total. The molecule has 0 saturated carbocycles. The number of benzene rings is 2. The van der Waals surface area contributed by atoms with Crippen LogP contribution in [0.15, 0.2) is 47.3 Å². The molecule has 35 heavy (non-hydrogen) atoms. The van der Waals surface area contributed by atoms with Crippen molar-refractivity contribution in [3.8, 4) is 17.5 Å². The summed E-state index contributed by atoms with van der Waals surface area (Å²) in [5.41, 5.74) is 2.46. The van der Waals surface area contributed by atoms with Crippen LogP contribution in [0.3, 0.4) is 0 Å². The second kappa shape index (κ2) is 9.51. The Morgan fingerprint density at radius 3 is 2.69 bits per heavy atom. The van der Waals surface area contributed by atoms with Gasteiger partial charge < -0.3 is 15.1 Å². The van der Waals surface area contributed by atoms with Gasteiger partial charge in [-0.05, 0) is 57.0 Å². The third kappa shape index (κ3) is 4.64. The maximum Gasteiger partial charge on any atom is 0.262 e. The molecule has 1 amide bonds. The summed E-state index contributed by atoms with van der Waals surface area (Å²) in [6.45, 7) is 7.84. The number of fused-ring (bicyclic) bond motifs is 5. The van der Waals surface area contributed by atoms with E-state index in [1.54, 1.807) is 18.2 Å². The van der Waals surface area contributed by atoms with Gasteiger partial charge in [0.25, 0.3) is 5.56 Å². The summed E-state index contributed by atoms with van der Waals surface area (Å²) in [7, 11) is 0. The van der Waals surface area contributed by atoms with Crippen molar-refractivity contribution < 1.29 is 4.79 Å². The van der Waals surface area contributed by atoms with Gasteiger partial charge in [0.15, 0.2) is 0 Å². The molecule has 6 rings (SSSR count). The number of hydrogen-bond donors (Lipinski definition) is 1. The van der Waals surface area contributed by atoms with Crippen molar-refractivity contribution in [2.75, 3.05) is 31.1 Å². The Morgan fingerprint density at radius 1 is 1.14 bits per heavy atom. The quantitative estimate of drug-likeness (QED) is 0.616. The van der Waals surface area contributed by atoms with E-state index in [4.69, 9.17) is 4.98 Å². The van der Waals surface area contributed by atoms with Crippen molar-refractivity contribution in [2.45, 2.75) is 45.3 Å². The molecule has 0 radical (unpaired) electrons. The SMILES string of the molecule is CC(C)NC(=O)Cn1c(-c2cccc(C#N)c2)nc2ccc(N3CCN4CCC3CC4)cc2c1=O. The maximum absolute atomic E-state index is 13.8. The summed E-state index contributed by atoms with van der Waals surface area (Å²) in [5.74, 6) is 0.128. The van der Waals surface area contributed by atoms with Gasteiger partial charge in [0, 0.05) is 49.5 Å². The van der Waals surface area contributed by atoms with Crippen molar-refractivity contribution in [3.63, 3.8) is 0 Å². The summed E-state index contributed by atoms with van der Waals surface area (Å²) in [5, 5.41) is 12.7. The van der Waals surface area contributed by atoms with Crippen LogP contribution in [0, 0.1) is 11.3 Å². The van der Waals surface area contributed by atoms with E-state index in [2.05, 4.69) is 21.2 Å². The Balaban J connectivity index is 1.63. The topological polar surface area (TPSA) is 94.3 Å². The molecule has 2 aromatic carbocycles. The first-order chi connectivity index (χ1) is 16.9. The molecule has 3 fully saturated rings. The first-order valence-electron chi connectivity index (χ1n) is 12.3. The second-order valence-corrected chi connectivity index (χ2v) is 9.71. The molecule has 2 bridgehead atoms. The van der Waals surface area contributed by atoms with Gasteiger partial charge in [-0.2, -0.15) is 5.26 Å². The number of rotatable bonds is 5. The number of nitriles is 1. The highest BCUT2D eigenvalue weighted by Gasteiger charge is 2.29. The summed E-state index contributed by atoms with van der Waals surface area (Å²) in [6.07, 6.45) is 2.26. The Bertz CT molecular complexity index is 1360. The average molecular weight is 471 g/mol. The van der Waals surface area contributed by atoms with E-state index in [1.165, 1.54) is 4.57 Å². The van der Waals surface area contributed by atoms with Crippen LogP contribution >= 0.6 is 0 Å². The molecule has 8 nitrogen and oxygen atoms in total. The van der Waals surface area contributed by atoms with E-state index in [0.29, 0.717) is 33.9 Å². The Kier molecular flexibility index (Phi) is 6.27. The smallest absolute Gasteiger partial charge is 0.262 e. The van der Waals surface area contributed by atoms with Crippen molar-refractivity contribution in [3.05, 3.63) is 58.4 Å². The zero-order valence-electron chi connectivity index (χ0n) is 20.2. The van der Waals surface area contributed by atoms with E-state index < -0.39 is 0 Å². The van der Waals surface area contributed by atoms with Gasteiger partial charge in [-0.1, -0.05) is 12.1 Å². The molecule has 0 spiro atoms. The first-order valence-corrected chi connectivity index (χ1v) is 12.3. The number of aromatic nitrogens is 2. The van der Waals surface area contributed by atoms with Crippen LogP contribution in [0.4, 0.5) is 5.69 Å². The second-order valence-electron chi connectivity index (χ2n) is 9.71. The minimum Gasteiger partial charge on any atom is -0.367 e. The highest BCUT2D eigenvalue weighted by molar-refractivity contribution is 5.85. The number of nitrogens with one attached hydrogen (secondary N) is 1. The van der Waals surface area contributed by atoms with Gasteiger partial charge in [0.1, 0.15) is 12.4 Å². The monoisotopic (exact) mass is 470 g/mol. The number of hydrogen-bond acceptors (Lipinski definition) is 6. The summed E-state index contributed by atoms with van der Waals surface area (Å²) >= 11 is 0. The fourth-order valence-corrected chi connectivity index (χ4v) is 5.22. The number of amides is 1. The van der Waals surface area contributed by atoms with Crippen LogP contribution in [0.2, 0.25) is 0 Å². The van der Waals surface area contributed by atoms with Crippen LogP contribution in [-0.4, -0.2) is 58.6 Å². The largest absolute Gasteiger partial charge is 0.367 e. The van der Waals surface area contributed by atoms with E-state index >= 15 is 0 Å². The molecule has 1 aromatic heterocycles. The van der Waals surface area contributed by atoms with E-state index in [-0.39, 0.29) is 24.1 Å². The molecule has 180 valence electrons. The molecule has 0 aliphatic carbocycles. The molecule has 0 atom stereocenters. The standard InChI is InChI=1S/C27H30N6O2/c1-18(2)29-25(34)17-33-26(20-5-3-4-19(14-20)16-28)30-24-7-6-22(15-23(24)27(33)35)32-13-12-31-10-8-21(32)9-11-31/h3-7,14-15,18,21H,8-13,17H2,1-2H3,(H,29,34). The fraction of sp³-hybridized carbons (Fsp3) is 0.407. The van der Waals surface area contributed by atoms with Crippen molar-refractivity contribution in [2.24, 2.45) is 0 Å². The lowest BCUT2D eigenvalue weighted by atomic mass is 10.0. The van der Waals surface area contributed by atoms with Crippen molar-refractivity contribution in [1.82, 2.24) is 19.8 Å². The van der Waals surface area contributed by atoms with Crippen molar-refractivity contribution in [1.29, 1.82) is 5.26 Å². The van der Waals surface area contributed by atoms with Crippen LogP contribution in [0.1, 0.15) is 32.3 Å². The van der Waals surface area contributed by atoms with Crippen LogP contribution in [-0.2, 0) is 11.3 Å². The minimum atomic E-state index is -0.254. The van der Waals surface area contributed by atoms with Crippen molar-refractivity contribution >= 4 is 22.5 Å². The van der Waals surface area contributed by atoms with E-state index in [0.717, 1.165) is 44.7 Å². The molecule has 3 aromatic rings. The molecule has 4 heterocycles. The first kappa shape index (κ1) is 23.1. The summed E-state index contributed by atoms with van der Waals surface area (Å²) < 4.78 is 1.43. The Morgan fingerprint density at radius 2 is 1.94 bits per heavy atom. The minimum absolute atomic E-state index is 0.0439. The summed E-state index contributed by atoms with van der Waals surface area (Å²) in [4.78, 5) is 36.2. The molecular weight excluding hydrogens is 440 g/mol. The van der Waals surface area contributed by atoms with Gasteiger partial charge in [-0.3, -0.25) is 14.2 Å². The Labute approximate surface area is 204 Å². The predicted octanol–water partition coefficient (Wildman–Crippen LogP) is 2.74. The van der Waals surface area contributed by atoms with Crippen LogP contribution < -0.4 is 15.8 Å². The van der Waals surface area contributed by atoms with Gasteiger partial charge in [0.2, 0.25) is 5.91 Å².